The van der Waals surface area contributed by atoms with Gasteiger partial charge in [0.1, 0.15) is 18.8 Å². The first-order chi connectivity index (χ1) is 31.1. The van der Waals surface area contributed by atoms with E-state index in [-0.39, 0.29) is 53.9 Å². The maximum Gasteiger partial charge on any atom is 2.00 e. The molecule has 1 saturated heterocycles. The molecule has 5 heterocycles. The van der Waals surface area contributed by atoms with Crippen LogP contribution in [-0.4, -0.2) is 60.8 Å². The maximum atomic E-state index is 14.4. The molecule has 1 fully saturated rings. The quantitative estimate of drug-likeness (QED) is 0.0336. The van der Waals surface area contributed by atoms with Crippen LogP contribution in [0.5, 0.6) is 0 Å². The fraction of sp³-hybridized carbons (Fsp3) is 0.564. The number of esters is 2. The Balaban J connectivity index is 0.00000817. The van der Waals surface area contributed by atoms with Crippen LogP contribution < -0.4 is 25.7 Å². The number of methoxy groups -OCH3 is 1. The van der Waals surface area contributed by atoms with Crippen molar-refractivity contribution >= 4 is 70.9 Å². The van der Waals surface area contributed by atoms with Crippen LogP contribution >= 0.6 is 0 Å². The molecular weight excluding hydrogens is 837 g/mol. The van der Waals surface area contributed by atoms with Gasteiger partial charge in [-0.3, -0.25) is 19.2 Å². The number of carbonyl (C=O) groups excluding carboxylic acids is 4. The van der Waals surface area contributed by atoms with E-state index in [0.717, 1.165) is 64.7 Å². The van der Waals surface area contributed by atoms with Crippen LogP contribution in [0.4, 0.5) is 0 Å². The second-order valence-corrected chi connectivity index (χ2v) is 19.5. The summed E-state index contributed by atoms with van der Waals surface area (Å²) in [7, 11) is 1.28. The number of aldehydes is 1. The van der Waals surface area contributed by atoms with Gasteiger partial charge >= 0.3 is 35.0 Å². The average Bonchev–Trinajstić information content (AvgIpc) is 4.02. The maximum absolute atomic E-state index is 14.4. The van der Waals surface area contributed by atoms with Gasteiger partial charge in [0.05, 0.1) is 7.11 Å². The van der Waals surface area contributed by atoms with Gasteiger partial charge in [-0.1, -0.05) is 145 Å². The van der Waals surface area contributed by atoms with E-state index in [1.165, 1.54) is 57.6 Å². The van der Waals surface area contributed by atoms with E-state index in [2.05, 4.69) is 48.5 Å². The summed E-state index contributed by atoms with van der Waals surface area (Å²) < 4.78 is 11.0. The Kier molecular flexibility index (Phi) is 18.8. The van der Waals surface area contributed by atoms with Gasteiger partial charge in [0.15, 0.2) is 5.78 Å². The summed E-state index contributed by atoms with van der Waals surface area (Å²) in [6.45, 7) is 21.7. The number of hydrogen-bond acceptors (Lipinski definition) is 6. The monoisotopic (exact) mass is 909 g/mol. The smallest absolute Gasteiger partial charge is 0.664 e. The molecule has 0 N–H and O–H groups in total. The van der Waals surface area contributed by atoms with Gasteiger partial charge in [-0.05, 0) is 88.5 Å². The van der Waals surface area contributed by atoms with Crippen LogP contribution in [-0.2, 0) is 31.9 Å². The van der Waals surface area contributed by atoms with E-state index in [0.29, 0.717) is 75.2 Å². The summed E-state index contributed by atoms with van der Waals surface area (Å²) in [5.74, 6) is -0.882. The summed E-state index contributed by atoms with van der Waals surface area (Å²) in [4.78, 5) is 69.0. The standard InChI is InChI=1S/C55H73N4O6.Mg/c1-12-38-35(8)42-27-43-36(9)40(23-24-48(61)65-26-25-34(7)22-16-21-33(6)20-15-19-32(5)18-14-17-31(3)4)52(58-43)50-51(55(63)64-11)54(62)49-37(10)44(59-53(49)50)28-46-39(13-2)41(30-60)47(57-46)29-45(38)56-42;/h25,27-33,36,40,51H,12-24,26H2,1-11H3,(H-,58,59,60,62);/q-3;+2/p-1. The molecule has 3 aliphatic rings. The number of rotatable bonds is 21. The third kappa shape index (κ3) is 11.7. The first-order valence-corrected chi connectivity index (χ1v) is 24.4. The Bertz CT molecular complexity index is 2480. The zero-order chi connectivity index (χ0) is 47.1. The van der Waals surface area contributed by atoms with Crippen molar-refractivity contribution in [3.8, 4) is 0 Å². The molecule has 5 atom stereocenters. The molecule has 5 unspecified atom stereocenters. The third-order valence-corrected chi connectivity index (χ3v) is 14.3. The van der Waals surface area contributed by atoms with Crippen molar-refractivity contribution in [1.82, 2.24) is 15.0 Å². The molecule has 0 aromatic carbocycles. The minimum absolute atomic E-state index is 0. The number of Topliss-reactive ketones (excluding diaryl/α,β-unsaturated/α-hetero) is 1. The Labute approximate surface area is 409 Å². The minimum Gasteiger partial charge on any atom is -0.664 e. The molecule has 0 saturated carbocycles. The van der Waals surface area contributed by atoms with Gasteiger partial charge in [-0.15, -0.1) is 33.5 Å². The summed E-state index contributed by atoms with van der Waals surface area (Å²) in [5, 5.41) is 6.35. The fourth-order valence-electron chi connectivity index (χ4n) is 10.3. The molecule has 11 heteroatoms. The van der Waals surface area contributed by atoms with Crippen molar-refractivity contribution < 1.29 is 28.7 Å². The molecule has 1 aliphatic carbocycles. The second-order valence-electron chi connectivity index (χ2n) is 19.5. The Morgan fingerprint density at radius 1 is 0.803 bits per heavy atom. The SMILES string of the molecule is CCc1c2[n-]c(c1C)C=C1[N-]C(=C3c4[n-]c(c(C)c4C(=O)C3C(=O)OC)C=c3[n-]c(c(C=O)c3CC)=C2)C(CCC(=O)OCC=C(C)CCCC(C)CCCC(C)CCCC(C)C)C1C.[Mg+2]. The molecule has 0 radical (unpaired) electrons. The number of hydrogen-bond donors (Lipinski definition) is 0. The fourth-order valence-corrected chi connectivity index (χ4v) is 10.3. The van der Waals surface area contributed by atoms with E-state index in [1.807, 2.05) is 45.1 Å². The number of aromatic nitrogens is 3. The topological polar surface area (TPSA) is 143 Å². The molecule has 3 aromatic heterocycles. The summed E-state index contributed by atoms with van der Waals surface area (Å²) in [6, 6.07) is 0. The van der Waals surface area contributed by atoms with Gasteiger partial charge in [-0.2, -0.15) is 11.4 Å². The van der Waals surface area contributed by atoms with E-state index in [4.69, 9.17) is 29.7 Å². The molecule has 0 amide bonds. The zero-order valence-corrected chi connectivity index (χ0v) is 43.1. The summed E-state index contributed by atoms with van der Waals surface area (Å²) >= 11 is 0. The summed E-state index contributed by atoms with van der Waals surface area (Å²) in [6.07, 6.45) is 21.6. The van der Waals surface area contributed by atoms with Crippen LogP contribution in [0.2, 0.25) is 0 Å². The Hall–Kier alpha value is -4.35. The van der Waals surface area contributed by atoms with Gasteiger partial charge in [0.25, 0.3) is 0 Å². The van der Waals surface area contributed by atoms with Crippen molar-refractivity contribution in [2.45, 2.75) is 153 Å². The van der Waals surface area contributed by atoms with Crippen molar-refractivity contribution in [1.29, 1.82) is 0 Å². The molecule has 10 nitrogen and oxygen atoms in total. The van der Waals surface area contributed by atoms with Gasteiger partial charge in [-0.25, -0.2) is 0 Å². The molecule has 0 spiro atoms. The number of carbonyl (C=O) groups is 4. The van der Waals surface area contributed by atoms with Crippen molar-refractivity contribution in [3.63, 3.8) is 0 Å². The van der Waals surface area contributed by atoms with Crippen LogP contribution in [0.25, 0.3) is 29.1 Å². The number of allylic oxidation sites excluding steroid dienone is 3. The van der Waals surface area contributed by atoms with Gasteiger partial charge < -0.3 is 29.7 Å². The third-order valence-electron chi connectivity index (χ3n) is 14.3. The van der Waals surface area contributed by atoms with Crippen LogP contribution in [0.15, 0.2) is 23.0 Å². The van der Waals surface area contributed by atoms with Crippen molar-refractivity contribution in [3.05, 3.63) is 95.2 Å². The number of ether oxygens (including phenoxy) is 2. The van der Waals surface area contributed by atoms with E-state index in [1.54, 1.807) is 0 Å². The zero-order valence-electron chi connectivity index (χ0n) is 41.7. The minimum atomic E-state index is -1.25. The van der Waals surface area contributed by atoms with Crippen LogP contribution in [0.3, 0.4) is 0 Å². The molecular formula is C55H72MgN4O6-2. The van der Waals surface area contributed by atoms with Crippen molar-refractivity contribution in [2.24, 2.45) is 35.5 Å². The number of fused-ring (bicyclic) bond motifs is 7. The number of nitrogens with zero attached hydrogens (tertiary/aromatic N) is 4. The van der Waals surface area contributed by atoms with Crippen molar-refractivity contribution in [2.75, 3.05) is 13.7 Å². The Morgan fingerprint density at radius 2 is 1.44 bits per heavy atom. The molecule has 3 aromatic rings. The number of ketones is 1. The molecule has 8 bridgehead atoms. The first kappa shape index (κ1) is 52.6. The average molecular weight is 910 g/mol. The van der Waals surface area contributed by atoms with Gasteiger partial charge in [0, 0.05) is 17.5 Å². The van der Waals surface area contributed by atoms with E-state index >= 15 is 0 Å². The van der Waals surface area contributed by atoms with E-state index < -0.39 is 17.7 Å². The Morgan fingerprint density at radius 3 is 2.08 bits per heavy atom. The molecule has 352 valence electrons. The van der Waals surface area contributed by atoms with Crippen LogP contribution in [0, 0.1) is 49.4 Å². The predicted molar refractivity (Wildman–Crippen MR) is 264 cm³/mol. The molecule has 2 aliphatic heterocycles. The molecule has 66 heavy (non-hydrogen) atoms. The molecule has 6 rings (SSSR count). The first-order valence-electron chi connectivity index (χ1n) is 24.4. The normalized spacial score (nSPS) is 18.6. The van der Waals surface area contributed by atoms with E-state index in [9.17, 15) is 19.2 Å². The van der Waals surface area contributed by atoms with Gasteiger partial charge in [0.2, 0.25) is 0 Å². The second kappa shape index (κ2) is 23.6. The predicted octanol–water partition coefficient (Wildman–Crippen LogP) is 9.79. The summed E-state index contributed by atoms with van der Waals surface area (Å²) in [5.41, 5.74) is 9.60. The largest absolute Gasteiger partial charge is 2.00 e. The van der Waals surface area contributed by atoms with Crippen LogP contribution in [0.1, 0.15) is 192 Å².